The van der Waals surface area contributed by atoms with E-state index in [0.29, 0.717) is 33.7 Å². The lowest BCUT2D eigenvalue weighted by Crippen LogP contribution is -2.43. The summed E-state index contributed by atoms with van der Waals surface area (Å²) in [4.78, 5) is 20.8. The van der Waals surface area contributed by atoms with Crippen molar-refractivity contribution in [2.45, 2.75) is 6.04 Å². The fourth-order valence-electron chi connectivity index (χ4n) is 3.62. The third kappa shape index (κ3) is 4.06. The topological polar surface area (TPSA) is 77.9 Å². The Hall–Kier alpha value is -3.36. The molecule has 0 spiro atoms. The molecular weight excluding hydrogens is 435 g/mol. The second kappa shape index (κ2) is 9.02. The summed E-state index contributed by atoms with van der Waals surface area (Å²) in [6, 6.07) is 12.6. The first-order valence-electron chi connectivity index (χ1n) is 9.95. The van der Waals surface area contributed by atoms with Gasteiger partial charge in [-0.2, -0.15) is 0 Å². The number of halogens is 2. The lowest BCUT2D eigenvalue weighted by atomic mass is 10.1. The molecule has 0 bridgehead atoms. The third-order valence-corrected chi connectivity index (χ3v) is 5.44. The van der Waals surface area contributed by atoms with E-state index in [-0.39, 0.29) is 18.8 Å². The van der Waals surface area contributed by atoms with Crippen molar-refractivity contribution < 1.29 is 19.0 Å². The standard InChI is InChI=1S/C23H22ClFN4O3/c1-28(2)19-9-8-14(11-18(19)25)27-23(31)16-5-3-7-20-21(16)32-13-15(12-30)29(20)22-17(24)6-4-10-26-22/h3-11,15,30H,12-13H2,1-2H3,(H,27,31). The molecule has 0 saturated heterocycles. The molecule has 0 fully saturated rings. The van der Waals surface area contributed by atoms with E-state index in [9.17, 15) is 14.3 Å². The number of anilines is 4. The monoisotopic (exact) mass is 456 g/mol. The molecule has 2 aromatic carbocycles. The minimum absolute atomic E-state index is 0.132. The van der Waals surface area contributed by atoms with Gasteiger partial charge in [0.1, 0.15) is 12.4 Å². The van der Waals surface area contributed by atoms with E-state index < -0.39 is 17.8 Å². The molecule has 1 amide bonds. The molecule has 32 heavy (non-hydrogen) atoms. The van der Waals surface area contributed by atoms with Gasteiger partial charge in [-0.3, -0.25) is 4.79 Å². The first-order chi connectivity index (χ1) is 15.4. The highest BCUT2D eigenvalue weighted by molar-refractivity contribution is 6.33. The lowest BCUT2D eigenvalue weighted by molar-refractivity contribution is 0.102. The number of aliphatic hydroxyl groups is 1. The Bertz CT molecular complexity index is 1160. The molecule has 0 radical (unpaired) electrons. The fourth-order valence-corrected chi connectivity index (χ4v) is 3.83. The highest BCUT2D eigenvalue weighted by atomic mass is 35.5. The number of nitrogens with zero attached hydrogens (tertiary/aromatic N) is 3. The molecular formula is C23H22ClFN4O3. The van der Waals surface area contributed by atoms with Crippen molar-refractivity contribution in [2.75, 3.05) is 42.4 Å². The van der Waals surface area contributed by atoms with Crippen molar-refractivity contribution in [3.63, 3.8) is 0 Å². The van der Waals surface area contributed by atoms with Crippen molar-refractivity contribution >= 4 is 40.4 Å². The number of carbonyl (C=O) groups is 1. The second-order valence-corrected chi connectivity index (χ2v) is 7.90. The maximum Gasteiger partial charge on any atom is 0.259 e. The number of benzene rings is 2. The van der Waals surface area contributed by atoms with E-state index in [0.717, 1.165) is 0 Å². The number of aliphatic hydroxyl groups excluding tert-OH is 1. The van der Waals surface area contributed by atoms with E-state index in [4.69, 9.17) is 16.3 Å². The van der Waals surface area contributed by atoms with Gasteiger partial charge in [-0.05, 0) is 42.5 Å². The number of hydrogen-bond donors (Lipinski definition) is 2. The van der Waals surface area contributed by atoms with Crippen LogP contribution in [0.15, 0.2) is 54.7 Å². The van der Waals surface area contributed by atoms with E-state index in [1.54, 1.807) is 72.6 Å². The maximum absolute atomic E-state index is 14.3. The Morgan fingerprint density at radius 2 is 2.12 bits per heavy atom. The van der Waals surface area contributed by atoms with Crippen LogP contribution in [0.3, 0.4) is 0 Å². The van der Waals surface area contributed by atoms with Crippen LogP contribution >= 0.6 is 11.6 Å². The minimum Gasteiger partial charge on any atom is -0.488 e. The van der Waals surface area contributed by atoms with Crippen molar-refractivity contribution in [1.82, 2.24) is 4.98 Å². The summed E-state index contributed by atoms with van der Waals surface area (Å²) in [5.74, 6) is -0.104. The largest absolute Gasteiger partial charge is 0.488 e. The molecule has 9 heteroatoms. The molecule has 2 heterocycles. The van der Waals surface area contributed by atoms with Gasteiger partial charge in [0.15, 0.2) is 11.6 Å². The van der Waals surface area contributed by atoms with Crippen molar-refractivity contribution in [1.29, 1.82) is 0 Å². The van der Waals surface area contributed by atoms with Crippen LogP contribution in [0.2, 0.25) is 5.02 Å². The summed E-state index contributed by atoms with van der Waals surface area (Å²) in [7, 11) is 3.48. The zero-order valence-corrected chi connectivity index (χ0v) is 18.3. The molecule has 1 aliphatic rings. The number of pyridine rings is 1. The SMILES string of the molecule is CN(C)c1ccc(NC(=O)c2cccc3c2OCC(CO)N3c2ncccc2Cl)cc1F. The highest BCUT2D eigenvalue weighted by Crippen LogP contribution is 2.42. The number of rotatable bonds is 5. The molecule has 1 atom stereocenters. The number of carbonyl (C=O) groups excluding carboxylic acids is 1. The molecule has 3 aromatic rings. The number of nitrogens with one attached hydrogen (secondary N) is 1. The van der Waals surface area contributed by atoms with Gasteiger partial charge >= 0.3 is 0 Å². The van der Waals surface area contributed by atoms with Crippen molar-refractivity contribution in [3.05, 3.63) is 71.1 Å². The molecule has 166 valence electrons. The Morgan fingerprint density at radius 3 is 2.81 bits per heavy atom. The van der Waals surface area contributed by atoms with Crippen LogP contribution in [-0.2, 0) is 0 Å². The Labute approximate surface area is 190 Å². The van der Waals surface area contributed by atoms with Crippen LogP contribution in [0.1, 0.15) is 10.4 Å². The second-order valence-electron chi connectivity index (χ2n) is 7.49. The number of amides is 1. The predicted molar refractivity (Wildman–Crippen MR) is 123 cm³/mol. The first kappa shape index (κ1) is 21.9. The molecule has 4 rings (SSSR count). The van der Waals surface area contributed by atoms with Crippen LogP contribution in [0, 0.1) is 5.82 Å². The average Bonchev–Trinajstić information content (AvgIpc) is 2.78. The summed E-state index contributed by atoms with van der Waals surface area (Å²) >= 11 is 6.36. The van der Waals surface area contributed by atoms with Crippen LogP contribution < -0.4 is 19.9 Å². The summed E-state index contributed by atoms with van der Waals surface area (Å²) in [6.07, 6.45) is 1.60. The number of ether oxygens (including phenoxy) is 1. The molecule has 2 N–H and O–H groups in total. The minimum atomic E-state index is -0.451. The van der Waals surface area contributed by atoms with Gasteiger partial charge in [-0.15, -0.1) is 0 Å². The van der Waals surface area contributed by atoms with Crippen LogP contribution in [0.4, 0.5) is 27.3 Å². The number of para-hydroxylation sites is 1. The van der Waals surface area contributed by atoms with E-state index in [1.807, 2.05) is 0 Å². The number of fused-ring (bicyclic) bond motifs is 1. The summed E-state index contributed by atoms with van der Waals surface area (Å²) in [6.45, 7) is -0.0624. The third-order valence-electron chi connectivity index (χ3n) is 5.15. The zero-order valence-electron chi connectivity index (χ0n) is 17.5. The Morgan fingerprint density at radius 1 is 1.31 bits per heavy atom. The van der Waals surface area contributed by atoms with E-state index in [1.165, 1.54) is 6.07 Å². The lowest BCUT2D eigenvalue weighted by Gasteiger charge is -2.37. The Balaban J connectivity index is 1.69. The van der Waals surface area contributed by atoms with Gasteiger partial charge < -0.3 is 25.0 Å². The van der Waals surface area contributed by atoms with Crippen molar-refractivity contribution in [2.24, 2.45) is 0 Å². The molecule has 1 aliphatic heterocycles. The van der Waals surface area contributed by atoms with E-state index >= 15 is 0 Å². The van der Waals surface area contributed by atoms with Gasteiger partial charge in [-0.1, -0.05) is 17.7 Å². The van der Waals surface area contributed by atoms with Gasteiger partial charge in [0.25, 0.3) is 5.91 Å². The summed E-state index contributed by atoms with van der Waals surface area (Å²) in [5.41, 5.74) is 1.57. The predicted octanol–water partition coefficient (Wildman–Crippen LogP) is 4.08. The first-order valence-corrected chi connectivity index (χ1v) is 10.3. The van der Waals surface area contributed by atoms with Crippen LogP contribution in [-0.4, -0.2) is 49.3 Å². The number of hydrogen-bond acceptors (Lipinski definition) is 6. The zero-order chi connectivity index (χ0) is 22.8. The molecule has 0 aliphatic carbocycles. The highest BCUT2D eigenvalue weighted by Gasteiger charge is 2.33. The smallest absolute Gasteiger partial charge is 0.259 e. The van der Waals surface area contributed by atoms with Crippen LogP contribution in [0.5, 0.6) is 5.75 Å². The summed E-state index contributed by atoms with van der Waals surface area (Å²) < 4.78 is 20.2. The summed E-state index contributed by atoms with van der Waals surface area (Å²) in [5, 5.41) is 13.0. The average molecular weight is 457 g/mol. The van der Waals surface area contributed by atoms with Gasteiger partial charge in [0.05, 0.1) is 34.6 Å². The molecule has 7 nitrogen and oxygen atoms in total. The van der Waals surface area contributed by atoms with Gasteiger partial charge in [0.2, 0.25) is 0 Å². The van der Waals surface area contributed by atoms with Crippen LogP contribution in [0.25, 0.3) is 0 Å². The van der Waals surface area contributed by atoms with Gasteiger partial charge in [0, 0.05) is 26.0 Å². The van der Waals surface area contributed by atoms with E-state index in [2.05, 4.69) is 10.3 Å². The van der Waals surface area contributed by atoms with Crippen molar-refractivity contribution in [3.8, 4) is 5.75 Å². The van der Waals surface area contributed by atoms with Gasteiger partial charge in [-0.25, -0.2) is 9.37 Å². The quantitative estimate of drug-likeness (QED) is 0.602. The normalized spacial score (nSPS) is 15.0. The fraction of sp³-hybridized carbons (Fsp3) is 0.217. The maximum atomic E-state index is 14.3. The molecule has 1 unspecified atom stereocenters. The Kier molecular flexibility index (Phi) is 6.16. The molecule has 0 saturated carbocycles. The number of aromatic nitrogens is 1. The molecule has 1 aromatic heterocycles.